The minimum absolute atomic E-state index is 0.712. The predicted molar refractivity (Wildman–Crippen MR) is 97.7 cm³/mol. The Hall–Kier alpha value is -2.11. The van der Waals surface area contributed by atoms with Crippen molar-refractivity contribution in [1.29, 1.82) is 0 Å². The van der Waals surface area contributed by atoms with Gasteiger partial charge in [0.2, 0.25) is 0 Å². The number of aromatic nitrogens is 2. The summed E-state index contributed by atoms with van der Waals surface area (Å²) in [6.07, 6.45) is 8.52. The van der Waals surface area contributed by atoms with E-state index in [1.807, 2.05) is 6.20 Å². The van der Waals surface area contributed by atoms with Gasteiger partial charge >= 0.3 is 0 Å². The molecule has 3 heterocycles. The molecule has 1 aromatic carbocycles. The van der Waals surface area contributed by atoms with Gasteiger partial charge in [-0.3, -0.25) is 4.90 Å². The summed E-state index contributed by atoms with van der Waals surface area (Å²) in [5.41, 5.74) is 9.44. The van der Waals surface area contributed by atoms with Gasteiger partial charge in [0.15, 0.2) is 5.13 Å². The van der Waals surface area contributed by atoms with E-state index in [4.69, 9.17) is 5.73 Å². The molecule has 0 radical (unpaired) electrons. The first-order valence-electron chi connectivity index (χ1n) is 7.98. The molecule has 0 spiro atoms. The Morgan fingerprint density at radius 2 is 2.17 bits per heavy atom. The van der Waals surface area contributed by atoms with Crippen LogP contribution in [0.2, 0.25) is 0 Å². The summed E-state index contributed by atoms with van der Waals surface area (Å²) in [4.78, 5) is 11.5. The van der Waals surface area contributed by atoms with Crippen LogP contribution in [0.25, 0.3) is 17.0 Å². The largest absolute Gasteiger partial charge is 0.375 e. The zero-order chi connectivity index (χ0) is 15.6. The van der Waals surface area contributed by atoms with Crippen molar-refractivity contribution in [3.05, 3.63) is 52.7 Å². The SMILES string of the molecule is Nc1nc2c(s1)CCN(C/C=C/c1ccc3[nH]ccc3c1)CC2. The number of rotatable bonds is 3. The summed E-state index contributed by atoms with van der Waals surface area (Å²) in [6.45, 7) is 3.11. The number of nitrogen functional groups attached to an aromatic ring is 1. The van der Waals surface area contributed by atoms with Crippen molar-refractivity contribution >= 4 is 33.4 Å². The van der Waals surface area contributed by atoms with Crippen molar-refractivity contribution in [2.45, 2.75) is 12.8 Å². The van der Waals surface area contributed by atoms with Crippen LogP contribution in [-0.2, 0) is 12.8 Å². The molecule has 0 saturated carbocycles. The second kappa shape index (κ2) is 6.18. The van der Waals surface area contributed by atoms with E-state index in [-0.39, 0.29) is 0 Å². The van der Waals surface area contributed by atoms with Crippen LogP contribution in [0.4, 0.5) is 5.13 Å². The van der Waals surface area contributed by atoms with Crippen LogP contribution in [0.15, 0.2) is 36.5 Å². The highest BCUT2D eigenvalue weighted by molar-refractivity contribution is 7.15. The molecule has 3 aromatic rings. The second-order valence-corrected chi connectivity index (χ2v) is 7.06. The molecule has 118 valence electrons. The van der Waals surface area contributed by atoms with Crippen molar-refractivity contribution < 1.29 is 0 Å². The number of nitrogens with two attached hydrogens (primary N) is 1. The third-order valence-electron chi connectivity index (χ3n) is 4.37. The molecule has 0 aliphatic carbocycles. The van der Waals surface area contributed by atoms with Gasteiger partial charge in [0.1, 0.15) is 0 Å². The molecule has 0 saturated heterocycles. The number of aromatic amines is 1. The predicted octanol–water partition coefficient (Wildman–Crippen LogP) is 3.32. The first-order chi connectivity index (χ1) is 11.3. The molecule has 1 aliphatic heterocycles. The van der Waals surface area contributed by atoms with Crippen LogP contribution >= 0.6 is 11.3 Å². The molecular weight excluding hydrogens is 304 g/mol. The molecule has 0 amide bonds. The van der Waals surface area contributed by atoms with E-state index in [2.05, 4.69) is 51.3 Å². The van der Waals surface area contributed by atoms with Gasteiger partial charge in [-0.15, -0.1) is 11.3 Å². The maximum atomic E-state index is 5.80. The first-order valence-corrected chi connectivity index (χ1v) is 8.80. The lowest BCUT2D eigenvalue weighted by atomic mass is 10.1. The lowest BCUT2D eigenvalue weighted by Crippen LogP contribution is -2.26. The first kappa shape index (κ1) is 14.5. The fourth-order valence-electron chi connectivity index (χ4n) is 3.13. The van der Waals surface area contributed by atoms with Crippen molar-refractivity contribution in [3.63, 3.8) is 0 Å². The molecule has 3 N–H and O–H groups in total. The van der Waals surface area contributed by atoms with E-state index in [1.165, 1.54) is 27.0 Å². The third-order valence-corrected chi connectivity index (χ3v) is 5.35. The molecule has 0 atom stereocenters. The lowest BCUT2D eigenvalue weighted by Gasteiger charge is -2.17. The molecule has 0 fully saturated rings. The number of hydrogen-bond donors (Lipinski definition) is 2. The summed E-state index contributed by atoms with van der Waals surface area (Å²) in [6, 6.07) is 8.62. The topological polar surface area (TPSA) is 57.9 Å². The summed E-state index contributed by atoms with van der Waals surface area (Å²) < 4.78 is 0. The highest BCUT2D eigenvalue weighted by Crippen LogP contribution is 2.24. The highest BCUT2D eigenvalue weighted by atomic mass is 32.1. The Labute approximate surface area is 139 Å². The molecule has 4 nitrogen and oxygen atoms in total. The van der Waals surface area contributed by atoms with E-state index in [9.17, 15) is 0 Å². The number of H-pyrrole nitrogens is 1. The molecule has 4 rings (SSSR count). The van der Waals surface area contributed by atoms with Crippen molar-refractivity contribution in [2.24, 2.45) is 0 Å². The van der Waals surface area contributed by atoms with Crippen molar-refractivity contribution in [1.82, 2.24) is 14.9 Å². The van der Waals surface area contributed by atoms with Crippen LogP contribution in [0, 0.1) is 0 Å². The standard InChI is InChI=1S/C18H20N4S/c19-18-21-16-6-10-22(11-7-17(16)23-18)9-1-2-13-3-4-15-14(12-13)5-8-20-15/h1-5,8,12,20H,6-7,9-11H2,(H2,19,21)/b2-1+. The average Bonchev–Trinajstić information content (AvgIpc) is 3.10. The van der Waals surface area contributed by atoms with Crippen LogP contribution in [0.3, 0.4) is 0 Å². The number of nitrogens with one attached hydrogen (secondary N) is 1. The van der Waals surface area contributed by atoms with Gasteiger partial charge in [0, 0.05) is 42.6 Å². The molecule has 5 heteroatoms. The highest BCUT2D eigenvalue weighted by Gasteiger charge is 2.16. The van der Waals surface area contributed by atoms with E-state index < -0.39 is 0 Å². The Balaban J connectivity index is 1.38. The Morgan fingerprint density at radius 3 is 3.13 bits per heavy atom. The van der Waals surface area contributed by atoms with Gasteiger partial charge in [-0.05, 0) is 35.6 Å². The number of fused-ring (bicyclic) bond motifs is 2. The maximum Gasteiger partial charge on any atom is 0.180 e. The van der Waals surface area contributed by atoms with E-state index in [1.54, 1.807) is 11.3 Å². The molecule has 0 bridgehead atoms. The second-order valence-electron chi connectivity index (χ2n) is 5.95. The molecule has 2 aromatic heterocycles. The number of hydrogen-bond acceptors (Lipinski definition) is 4. The zero-order valence-electron chi connectivity index (χ0n) is 13.0. The summed E-state index contributed by atoms with van der Waals surface area (Å²) in [5.74, 6) is 0. The number of anilines is 1. The van der Waals surface area contributed by atoms with Gasteiger partial charge in [-0.1, -0.05) is 18.2 Å². The zero-order valence-corrected chi connectivity index (χ0v) is 13.8. The quantitative estimate of drug-likeness (QED) is 0.777. The van der Waals surface area contributed by atoms with Crippen LogP contribution in [-0.4, -0.2) is 34.5 Å². The third kappa shape index (κ3) is 3.16. The van der Waals surface area contributed by atoms with E-state index >= 15 is 0 Å². The lowest BCUT2D eigenvalue weighted by molar-refractivity contribution is 0.318. The Kier molecular flexibility index (Phi) is 3.89. The fourth-order valence-corrected chi connectivity index (χ4v) is 3.99. The Bertz CT molecular complexity index is 820. The van der Waals surface area contributed by atoms with Crippen LogP contribution < -0.4 is 5.73 Å². The fraction of sp³-hybridized carbons (Fsp3) is 0.278. The molecule has 0 unspecified atom stereocenters. The van der Waals surface area contributed by atoms with Gasteiger partial charge in [0.05, 0.1) is 5.69 Å². The normalized spacial score (nSPS) is 16.0. The average molecular weight is 324 g/mol. The maximum absolute atomic E-state index is 5.80. The van der Waals surface area contributed by atoms with Crippen molar-refractivity contribution in [2.75, 3.05) is 25.4 Å². The molecule has 23 heavy (non-hydrogen) atoms. The van der Waals surface area contributed by atoms with E-state index in [0.29, 0.717) is 5.13 Å². The van der Waals surface area contributed by atoms with Crippen molar-refractivity contribution in [3.8, 4) is 0 Å². The summed E-state index contributed by atoms with van der Waals surface area (Å²) >= 11 is 1.65. The van der Waals surface area contributed by atoms with E-state index in [0.717, 1.165) is 32.5 Å². The minimum atomic E-state index is 0.712. The Morgan fingerprint density at radius 1 is 1.26 bits per heavy atom. The monoisotopic (exact) mass is 324 g/mol. The van der Waals surface area contributed by atoms with Crippen LogP contribution in [0.1, 0.15) is 16.1 Å². The number of thiazole rings is 1. The smallest absolute Gasteiger partial charge is 0.180 e. The summed E-state index contributed by atoms with van der Waals surface area (Å²) in [5, 5.41) is 1.97. The van der Waals surface area contributed by atoms with Gasteiger partial charge in [-0.2, -0.15) is 0 Å². The minimum Gasteiger partial charge on any atom is -0.375 e. The number of nitrogens with zero attached hydrogens (tertiary/aromatic N) is 2. The molecular formula is C18H20N4S. The van der Waals surface area contributed by atoms with Crippen LogP contribution in [0.5, 0.6) is 0 Å². The molecule has 1 aliphatic rings. The summed E-state index contributed by atoms with van der Waals surface area (Å²) in [7, 11) is 0. The number of benzene rings is 1. The van der Waals surface area contributed by atoms with Gasteiger partial charge < -0.3 is 10.7 Å². The van der Waals surface area contributed by atoms with Gasteiger partial charge in [-0.25, -0.2) is 4.98 Å². The van der Waals surface area contributed by atoms with Gasteiger partial charge in [0.25, 0.3) is 0 Å².